The maximum atomic E-state index is 7.97. The molecule has 1 N–H and O–H groups in total. The third-order valence-electron chi connectivity index (χ3n) is 0.390. The molecule has 0 spiro atoms. The molecule has 0 unspecified atom stereocenters. The Balaban J connectivity index is 3.07. The average molecular weight is 84.1 g/mol. The Bertz CT molecular complexity index is 52.3. The van der Waals surface area contributed by atoms with Gasteiger partial charge in [-0.1, -0.05) is 12.2 Å². The van der Waals surface area contributed by atoms with Crippen molar-refractivity contribution in [2.24, 2.45) is 0 Å². The molecule has 0 saturated carbocycles. The van der Waals surface area contributed by atoms with Gasteiger partial charge in [0.2, 0.25) is 0 Å². The number of allylic oxidation sites excluding steroid dienone is 3. The second-order valence-corrected chi connectivity index (χ2v) is 0.867. The van der Waals surface area contributed by atoms with E-state index in [0.29, 0.717) is 0 Å². The standard InChI is InChI=1S/C5H8O/c1-2-3-4-5-6/h2-6H,1H3/b3-2+,5-4-. The molecule has 6 heavy (non-hydrogen) atoms. The molecular formula is C5H8O. The van der Waals surface area contributed by atoms with Gasteiger partial charge in [0.05, 0.1) is 6.26 Å². The highest BCUT2D eigenvalue weighted by molar-refractivity contribution is 4.96. The van der Waals surface area contributed by atoms with E-state index in [0.717, 1.165) is 6.26 Å². The maximum Gasteiger partial charge on any atom is 0.0791 e. The van der Waals surface area contributed by atoms with E-state index in [4.69, 9.17) is 5.11 Å². The van der Waals surface area contributed by atoms with Crippen LogP contribution in [-0.2, 0) is 0 Å². The van der Waals surface area contributed by atoms with Gasteiger partial charge >= 0.3 is 0 Å². The van der Waals surface area contributed by atoms with E-state index in [1.54, 1.807) is 12.2 Å². The quantitative estimate of drug-likeness (QED) is 0.378. The van der Waals surface area contributed by atoms with Gasteiger partial charge in [-0.05, 0) is 13.0 Å². The zero-order chi connectivity index (χ0) is 4.83. The first-order chi connectivity index (χ1) is 2.91. The van der Waals surface area contributed by atoms with Crippen LogP contribution < -0.4 is 0 Å². The summed E-state index contributed by atoms with van der Waals surface area (Å²) >= 11 is 0. The first kappa shape index (κ1) is 5.28. The molecule has 34 valence electrons. The van der Waals surface area contributed by atoms with Crippen LogP contribution in [0.15, 0.2) is 24.5 Å². The highest BCUT2D eigenvalue weighted by Gasteiger charge is 1.50. The molecular weight excluding hydrogens is 76.1 g/mol. The van der Waals surface area contributed by atoms with Crippen molar-refractivity contribution in [3.8, 4) is 0 Å². The van der Waals surface area contributed by atoms with Crippen LogP contribution in [0.5, 0.6) is 0 Å². The molecule has 0 amide bonds. The predicted molar refractivity (Wildman–Crippen MR) is 26.6 cm³/mol. The Morgan fingerprint density at radius 1 is 1.33 bits per heavy atom. The molecule has 0 saturated heterocycles. The van der Waals surface area contributed by atoms with Crippen molar-refractivity contribution >= 4 is 0 Å². The number of aliphatic hydroxyl groups is 1. The lowest BCUT2D eigenvalue weighted by Crippen LogP contribution is -1.44. The minimum atomic E-state index is 1.00. The maximum absolute atomic E-state index is 7.97. The van der Waals surface area contributed by atoms with Crippen molar-refractivity contribution in [1.29, 1.82) is 0 Å². The monoisotopic (exact) mass is 84.1 g/mol. The molecule has 0 aromatic carbocycles. The molecule has 0 atom stereocenters. The van der Waals surface area contributed by atoms with Gasteiger partial charge in [0.15, 0.2) is 0 Å². The van der Waals surface area contributed by atoms with Gasteiger partial charge in [0, 0.05) is 0 Å². The molecule has 0 aliphatic rings. The van der Waals surface area contributed by atoms with Gasteiger partial charge in [-0.3, -0.25) is 0 Å². The van der Waals surface area contributed by atoms with Crippen molar-refractivity contribution < 1.29 is 5.11 Å². The minimum Gasteiger partial charge on any atom is -0.516 e. The highest BCUT2D eigenvalue weighted by Crippen LogP contribution is 1.69. The SMILES string of the molecule is C/C=C/C=C\O. The summed E-state index contributed by atoms with van der Waals surface area (Å²) in [6.45, 7) is 1.89. The predicted octanol–water partition coefficient (Wildman–Crippen LogP) is 1.63. The van der Waals surface area contributed by atoms with Gasteiger partial charge in [-0.15, -0.1) is 0 Å². The van der Waals surface area contributed by atoms with Crippen LogP contribution in [-0.4, -0.2) is 5.11 Å². The van der Waals surface area contributed by atoms with Crippen molar-refractivity contribution in [3.05, 3.63) is 24.5 Å². The molecule has 0 fully saturated rings. The number of aliphatic hydroxyl groups excluding tert-OH is 1. The average Bonchev–Trinajstić information content (AvgIpc) is 1.61. The largest absolute Gasteiger partial charge is 0.516 e. The lowest BCUT2D eigenvalue weighted by atomic mass is 10.5. The normalized spacial score (nSPS) is 11.5. The molecule has 0 aliphatic carbocycles. The fourth-order valence-electron chi connectivity index (χ4n) is 0.161. The Hall–Kier alpha value is -0.720. The van der Waals surface area contributed by atoms with Crippen LogP contribution >= 0.6 is 0 Å². The number of hydrogen-bond acceptors (Lipinski definition) is 1. The van der Waals surface area contributed by atoms with Crippen LogP contribution in [0, 0.1) is 0 Å². The van der Waals surface area contributed by atoms with Crippen molar-refractivity contribution in [3.63, 3.8) is 0 Å². The summed E-state index contributed by atoms with van der Waals surface area (Å²) in [5, 5.41) is 7.97. The Kier molecular flexibility index (Phi) is 3.77. The first-order valence-electron chi connectivity index (χ1n) is 1.84. The lowest BCUT2D eigenvalue weighted by Gasteiger charge is -1.63. The smallest absolute Gasteiger partial charge is 0.0791 e. The fraction of sp³-hybridized carbons (Fsp3) is 0.200. The van der Waals surface area contributed by atoms with E-state index < -0.39 is 0 Å². The van der Waals surface area contributed by atoms with E-state index in [1.165, 1.54) is 0 Å². The van der Waals surface area contributed by atoms with E-state index in [9.17, 15) is 0 Å². The third kappa shape index (κ3) is 3.28. The van der Waals surface area contributed by atoms with Crippen LogP contribution in [0.2, 0.25) is 0 Å². The van der Waals surface area contributed by atoms with E-state index in [2.05, 4.69) is 0 Å². The zero-order valence-electron chi connectivity index (χ0n) is 3.76. The van der Waals surface area contributed by atoms with E-state index >= 15 is 0 Å². The lowest BCUT2D eigenvalue weighted by molar-refractivity contribution is 0.473. The Morgan fingerprint density at radius 3 is 2.17 bits per heavy atom. The second kappa shape index (κ2) is 4.28. The highest BCUT2D eigenvalue weighted by atomic mass is 16.2. The van der Waals surface area contributed by atoms with Gasteiger partial charge in [-0.25, -0.2) is 0 Å². The molecule has 0 heterocycles. The van der Waals surface area contributed by atoms with Crippen LogP contribution in [0.4, 0.5) is 0 Å². The molecule has 1 nitrogen and oxygen atoms in total. The summed E-state index contributed by atoms with van der Waals surface area (Å²) in [5.41, 5.74) is 0. The number of hydrogen-bond donors (Lipinski definition) is 1. The summed E-state index contributed by atoms with van der Waals surface area (Å²) in [5.74, 6) is 0. The Morgan fingerprint density at radius 2 is 2.00 bits per heavy atom. The van der Waals surface area contributed by atoms with Gasteiger partial charge in [-0.2, -0.15) is 0 Å². The molecule has 0 bridgehead atoms. The van der Waals surface area contributed by atoms with Gasteiger partial charge in [0.1, 0.15) is 0 Å². The topological polar surface area (TPSA) is 20.2 Å². The zero-order valence-corrected chi connectivity index (χ0v) is 3.76. The number of rotatable bonds is 1. The molecule has 1 heteroatoms. The summed E-state index contributed by atoms with van der Waals surface area (Å²) in [6, 6.07) is 0. The van der Waals surface area contributed by atoms with Crippen molar-refractivity contribution in [2.75, 3.05) is 0 Å². The van der Waals surface area contributed by atoms with Crippen molar-refractivity contribution in [2.45, 2.75) is 6.92 Å². The van der Waals surface area contributed by atoms with Gasteiger partial charge < -0.3 is 5.11 Å². The Labute approximate surface area is 37.6 Å². The fourth-order valence-corrected chi connectivity index (χ4v) is 0.161. The molecule has 0 rings (SSSR count). The molecule has 0 aromatic heterocycles. The van der Waals surface area contributed by atoms with Crippen LogP contribution in [0.25, 0.3) is 0 Å². The molecule has 0 aliphatic heterocycles. The molecule has 0 radical (unpaired) electrons. The second-order valence-electron chi connectivity index (χ2n) is 0.867. The first-order valence-corrected chi connectivity index (χ1v) is 1.84. The van der Waals surface area contributed by atoms with Crippen LogP contribution in [0.1, 0.15) is 6.92 Å². The van der Waals surface area contributed by atoms with E-state index in [1.807, 2.05) is 13.0 Å². The molecule has 0 aromatic rings. The van der Waals surface area contributed by atoms with Crippen molar-refractivity contribution in [1.82, 2.24) is 0 Å². The summed E-state index contributed by atoms with van der Waals surface area (Å²) in [7, 11) is 0. The summed E-state index contributed by atoms with van der Waals surface area (Å²) in [4.78, 5) is 0. The minimum absolute atomic E-state index is 1.00. The van der Waals surface area contributed by atoms with E-state index in [-0.39, 0.29) is 0 Å². The third-order valence-corrected chi connectivity index (χ3v) is 0.390. The summed E-state index contributed by atoms with van der Waals surface area (Å²) in [6.07, 6.45) is 6.15. The van der Waals surface area contributed by atoms with Gasteiger partial charge in [0.25, 0.3) is 0 Å². The summed E-state index contributed by atoms with van der Waals surface area (Å²) < 4.78 is 0. The van der Waals surface area contributed by atoms with Crippen LogP contribution in [0.3, 0.4) is 0 Å².